The number of anilines is 1. The van der Waals surface area contributed by atoms with E-state index in [1.54, 1.807) is 18.9 Å². The smallest absolute Gasteiger partial charge is 0.222 e. The first-order valence-corrected chi connectivity index (χ1v) is 14.2. The Morgan fingerprint density at radius 3 is 2.68 bits per heavy atom. The molecule has 0 bridgehead atoms. The van der Waals surface area contributed by atoms with E-state index in [0.717, 1.165) is 80.8 Å². The Morgan fingerprint density at radius 1 is 1.08 bits per heavy atom. The maximum atomic E-state index is 13.3. The molecule has 196 valence electrons. The zero-order valence-electron chi connectivity index (χ0n) is 21.5. The summed E-state index contributed by atoms with van der Waals surface area (Å²) in [6.07, 6.45) is 2.47. The van der Waals surface area contributed by atoms with Crippen molar-refractivity contribution in [3.05, 3.63) is 72.1 Å². The van der Waals surface area contributed by atoms with Gasteiger partial charge >= 0.3 is 0 Å². The molecular formula is C29H36N4O3S. The molecule has 2 saturated heterocycles. The van der Waals surface area contributed by atoms with Crippen molar-refractivity contribution in [2.45, 2.75) is 29.9 Å². The minimum atomic E-state index is 0.275. The number of benzene rings is 2. The number of carbonyl (C=O) groups excluding carboxylic acids is 1. The number of hydrogen-bond donors (Lipinski definition) is 1. The van der Waals surface area contributed by atoms with E-state index in [1.807, 2.05) is 41.3 Å². The highest BCUT2D eigenvalue weighted by molar-refractivity contribution is 7.98. The normalized spacial score (nSPS) is 20.1. The lowest BCUT2D eigenvalue weighted by molar-refractivity contribution is -0.133. The molecule has 2 fully saturated rings. The second kappa shape index (κ2) is 12.5. The topological polar surface area (TPSA) is 70.8 Å². The summed E-state index contributed by atoms with van der Waals surface area (Å²) in [5.74, 6) is 3.56. The number of aromatic nitrogens is 1. The van der Waals surface area contributed by atoms with Gasteiger partial charge in [-0.05, 0) is 62.0 Å². The fraction of sp³-hybridized carbons (Fsp3) is 0.448. The summed E-state index contributed by atoms with van der Waals surface area (Å²) in [6, 6.07) is 20.5. The summed E-state index contributed by atoms with van der Waals surface area (Å²) in [6.45, 7) is 5.03. The monoisotopic (exact) mass is 520 g/mol. The zero-order valence-corrected chi connectivity index (χ0v) is 22.3. The van der Waals surface area contributed by atoms with Gasteiger partial charge in [-0.15, -0.1) is 11.8 Å². The number of para-hydroxylation sites is 2. The lowest BCUT2D eigenvalue weighted by Gasteiger charge is -2.38. The summed E-state index contributed by atoms with van der Waals surface area (Å²) in [5.41, 5.74) is 2.09. The van der Waals surface area contributed by atoms with E-state index < -0.39 is 0 Å². The Bertz CT molecular complexity index is 1150. The molecule has 5 rings (SSSR count). The van der Waals surface area contributed by atoms with Crippen LogP contribution in [-0.2, 0) is 17.0 Å². The van der Waals surface area contributed by atoms with E-state index in [0.29, 0.717) is 18.3 Å². The zero-order chi connectivity index (χ0) is 25.5. The number of rotatable bonds is 9. The highest BCUT2D eigenvalue weighted by atomic mass is 32.2. The van der Waals surface area contributed by atoms with Crippen LogP contribution in [0.4, 0.5) is 5.69 Å². The molecule has 0 radical (unpaired) electrons. The van der Waals surface area contributed by atoms with Crippen molar-refractivity contribution in [2.24, 2.45) is 11.8 Å². The van der Waals surface area contributed by atoms with Crippen molar-refractivity contribution >= 4 is 23.4 Å². The standard InChI is InChI=1S/C29H36N4O3S/c1-35-28-10-6-5-9-27(28)32-13-15-33(16-14-32)29(34)18-22-11-12-30-20-23(22)17-24-19-25(36-31-24)21-37-26-7-3-2-4-8-26/h2-10,19,22-23,30H,11-18,20-21H2,1H3/t22-,23-/m0/s1. The van der Waals surface area contributed by atoms with Gasteiger partial charge in [-0.3, -0.25) is 4.79 Å². The summed E-state index contributed by atoms with van der Waals surface area (Å²) < 4.78 is 11.2. The van der Waals surface area contributed by atoms with Crippen LogP contribution >= 0.6 is 11.8 Å². The average molecular weight is 521 g/mol. The van der Waals surface area contributed by atoms with E-state index >= 15 is 0 Å². The first kappa shape index (κ1) is 25.7. The van der Waals surface area contributed by atoms with E-state index in [2.05, 4.69) is 39.6 Å². The molecule has 0 spiro atoms. The van der Waals surface area contributed by atoms with Gasteiger partial charge in [-0.2, -0.15) is 0 Å². The summed E-state index contributed by atoms with van der Waals surface area (Å²) in [4.78, 5) is 18.9. The van der Waals surface area contributed by atoms with Gasteiger partial charge in [0.15, 0.2) is 0 Å². The van der Waals surface area contributed by atoms with Crippen molar-refractivity contribution < 1.29 is 14.1 Å². The molecule has 1 N–H and O–H groups in total. The van der Waals surface area contributed by atoms with E-state index in [9.17, 15) is 4.79 Å². The fourth-order valence-electron chi connectivity index (χ4n) is 5.39. The van der Waals surface area contributed by atoms with Crippen LogP contribution in [0.2, 0.25) is 0 Å². The van der Waals surface area contributed by atoms with Gasteiger partial charge in [0.25, 0.3) is 0 Å². The number of piperidine rings is 1. The van der Waals surface area contributed by atoms with Gasteiger partial charge in [0, 0.05) is 43.6 Å². The molecule has 2 atom stereocenters. The summed E-state index contributed by atoms with van der Waals surface area (Å²) >= 11 is 1.75. The number of hydrogen-bond acceptors (Lipinski definition) is 7. The van der Waals surface area contributed by atoms with Crippen LogP contribution < -0.4 is 15.0 Å². The van der Waals surface area contributed by atoms with Crippen LogP contribution in [0.25, 0.3) is 0 Å². The Kier molecular flexibility index (Phi) is 8.68. The third-order valence-corrected chi connectivity index (χ3v) is 8.50. The number of nitrogens with zero attached hydrogens (tertiary/aromatic N) is 3. The van der Waals surface area contributed by atoms with E-state index in [4.69, 9.17) is 9.26 Å². The minimum Gasteiger partial charge on any atom is -0.495 e. The largest absolute Gasteiger partial charge is 0.495 e. The highest BCUT2D eigenvalue weighted by Gasteiger charge is 2.31. The van der Waals surface area contributed by atoms with Crippen molar-refractivity contribution in [2.75, 3.05) is 51.3 Å². The first-order valence-electron chi connectivity index (χ1n) is 13.2. The Labute approximate surface area is 223 Å². The number of carbonyl (C=O) groups is 1. The molecule has 3 heterocycles. The second-order valence-corrected chi connectivity index (χ2v) is 10.9. The van der Waals surface area contributed by atoms with Crippen LogP contribution in [0.5, 0.6) is 5.75 Å². The number of piperazine rings is 1. The van der Waals surface area contributed by atoms with Crippen LogP contribution in [-0.4, -0.2) is 62.3 Å². The predicted octanol–water partition coefficient (Wildman–Crippen LogP) is 4.48. The molecule has 1 amide bonds. The maximum absolute atomic E-state index is 13.3. The Morgan fingerprint density at radius 2 is 1.86 bits per heavy atom. The fourth-order valence-corrected chi connectivity index (χ4v) is 6.18. The van der Waals surface area contributed by atoms with Crippen LogP contribution in [0.15, 0.2) is 70.1 Å². The van der Waals surface area contributed by atoms with Crippen LogP contribution in [0, 0.1) is 11.8 Å². The highest BCUT2D eigenvalue weighted by Crippen LogP contribution is 2.30. The van der Waals surface area contributed by atoms with Gasteiger partial charge in [-0.1, -0.05) is 35.5 Å². The molecule has 3 aromatic rings. The SMILES string of the molecule is COc1ccccc1N1CCN(C(=O)C[C@@H]2CCNC[C@@H]2Cc2cc(CSc3ccccc3)on2)CC1. The van der Waals surface area contributed by atoms with Crippen molar-refractivity contribution in [1.82, 2.24) is 15.4 Å². The van der Waals surface area contributed by atoms with Gasteiger partial charge in [0.1, 0.15) is 11.5 Å². The molecule has 2 aliphatic rings. The van der Waals surface area contributed by atoms with Gasteiger partial charge in [-0.25, -0.2) is 0 Å². The molecule has 2 aliphatic heterocycles. The van der Waals surface area contributed by atoms with E-state index in [-0.39, 0.29) is 5.91 Å². The van der Waals surface area contributed by atoms with Crippen molar-refractivity contribution in [3.63, 3.8) is 0 Å². The molecule has 8 heteroatoms. The molecule has 0 saturated carbocycles. The number of ether oxygens (including phenoxy) is 1. The lowest BCUT2D eigenvalue weighted by Crippen LogP contribution is -2.50. The molecular weight excluding hydrogens is 484 g/mol. The third kappa shape index (κ3) is 6.67. The van der Waals surface area contributed by atoms with Crippen molar-refractivity contribution in [1.29, 1.82) is 0 Å². The lowest BCUT2D eigenvalue weighted by atomic mass is 9.81. The Hall–Kier alpha value is -2.97. The maximum Gasteiger partial charge on any atom is 0.222 e. The van der Waals surface area contributed by atoms with Crippen molar-refractivity contribution in [3.8, 4) is 5.75 Å². The number of nitrogens with one attached hydrogen (secondary N) is 1. The number of thioether (sulfide) groups is 1. The summed E-state index contributed by atoms with van der Waals surface area (Å²) in [7, 11) is 1.71. The average Bonchev–Trinajstić information content (AvgIpc) is 3.41. The van der Waals surface area contributed by atoms with Gasteiger partial charge in [0.05, 0.1) is 24.2 Å². The molecule has 0 aliphatic carbocycles. The quantitative estimate of drug-likeness (QED) is 0.417. The predicted molar refractivity (Wildman–Crippen MR) is 147 cm³/mol. The third-order valence-electron chi connectivity index (χ3n) is 7.46. The first-order chi connectivity index (χ1) is 18.2. The Balaban J connectivity index is 1.12. The van der Waals surface area contributed by atoms with Gasteiger partial charge < -0.3 is 24.4 Å². The molecule has 2 aromatic carbocycles. The molecule has 7 nitrogen and oxygen atoms in total. The second-order valence-electron chi connectivity index (χ2n) is 9.85. The number of methoxy groups -OCH3 is 1. The molecule has 0 unspecified atom stereocenters. The summed E-state index contributed by atoms with van der Waals surface area (Å²) in [5, 5.41) is 7.87. The number of amides is 1. The van der Waals surface area contributed by atoms with Crippen LogP contribution in [0.3, 0.4) is 0 Å². The molecule has 37 heavy (non-hydrogen) atoms. The van der Waals surface area contributed by atoms with Gasteiger partial charge in [0.2, 0.25) is 5.91 Å². The minimum absolute atomic E-state index is 0.275. The van der Waals surface area contributed by atoms with Crippen LogP contribution in [0.1, 0.15) is 24.3 Å². The molecule has 1 aromatic heterocycles. The van der Waals surface area contributed by atoms with E-state index in [1.165, 1.54) is 4.90 Å².